The van der Waals surface area contributed by atoms with E-state index in [0.717, 1.165) is 5.56 Å². The minimum atomic E-state index is -0.396. The molecule has 1 heterocycles. The molecule has 0 saturated carbocycles. The summed E-state index contributed by atoms with van der Waals surface area (Å²) < 4.78 is 20.4. The molecule has 0 fully saturated rings. The van der Waals surface area contributed by atoms with Gasteiger partial charge in [0.15, 0.2) is 5.11 Å². The Morgan fingerprint density at radius 1 is 1.58 bits per heavy atom. The van der Waals surface area contributed by atoms with Gasteiger partial charge < -0.3 is 15.8 Å². The Hall–Kier alpha value is -2.15. The summed E-state index contributed by atoms with van der Waals surface area (Å²) in [5, 5.41) is 6.77. The highest BCUT2D eigenvalue weighted by molar-refractivity contribution is 7.80. The van der Waals surface area contributed by atoms with Crippen molar-refractivity contribution in [3.05, 3.63) is 42.0 Å². The second kappa shape index (κ2) is 5.66. The summed E-state index contributed by atoms with van der Waals surface area (Å²) in [6.45, 7) is 0.325. The van der Waals surface area contributed by atoms with Crippen LogP contribution in [0.15, 0.2) is 30.6 Å². The average molecular weight is 280 g/mol. The van der Waals surface area contributed by atoms with Crippen molar-refractivity contribution in [1.82, 2.24) is 9.78 Å². The lowest BCUT2D eigenvalue weighted by Gasteiger charge is -2.11. The predicted octanol–water partition coefficient (Wildman–Crippen LogP) is 1.79. The number of aryl methyl sites for hydroxylation is 1. The normalized spacial score (nSPS) is 10.2. The molecule has 0 aliphatic rings. The Morgan fingerprint density at radius 2 is 2.37 bits per heavy atom. The van der Waals surface area contributed by atoms with Crippen LogP contribution in [0.25, 0.3) is 0 Å². The highest BCUT2D eigenvalue weighted by atomic mass is 32.1. The molecule has 0 aliphatic heterocycles. The molecule has 3 N–H and O–H groups in total. The number of halogens is 1. The summed E-state index contributed by atoms with van der Waals surface area (Å²) in [5.41, 5.74) is 6.69. The fourth-order valence-corrected chi connectivity index (χ4v) is 1.68. The van der Waals surface area contributed by atoms with Crippen LogP contribution in [0.4, 0.5) is 10.1 Å². The van der Waals surface area contributed by atoms with Crippen molar-refractivity contribution in [2.75, 3.05) is 5.32 Å². The minimum absolute atomic E-state index is 0.0526. The number of nitrogens with two attached hydrogens (primary N) is 1. The van der Waals surface area contributed by atoms with Gasteiger partial charge >= 0.3 is 0 Å². The van der Waals surface area contributed by atoms with Gasteiger partial charge in [-0.25, -0.2) is 4.39 Å². The zero-order valence-electron chi connectivity index (χ0n) is 10.3. The molecule has 0 spiro atoms. The fourth-order valence-electron chi connectivity index (χ4n) is 1.57. The molecular formula is C12H13FN4OS. The van der Waals surface area contributed by atoms with Gasteiger partial charge in [0.25, 0.3) is 0 Å². The van der Waals surface area contributed by atoms with E-state index in [1.165, 1.54) is 18.2 Å². The Kier molecular flexibility index (Phi) is 3.96. The quantitative estimate of drug-likeness (QED) is 0.836. The Bertz CT molecular complexity index is 599. The second-order valence-corrected chi connectivity index (χ2v) is 4.38. The zero-order chi connectivity index (χ0) is 13.8. The number of aromatic nitrogens is 2. The molecule has 0 atom stereocenters. The van der Waals surface area contributed by atoms with Crippen LogP contribution in [-0.2, 0) is 13.7 Å². The number of hydrogen-bond donors (Lipinski definition) is 2. The molecule has 2 rings (SSSR count). The third kappa shape index (κ3) is 3.65. The number of benzene rings is 1. The van der Waals surface area contributed by atoms with Gasteiger partial charge in [0.2, 0.25) is 0 Å². The molecular weight excluding hydrogens is 267 g/mol. The van der Waals surface area contributed by atoms with Crippen molar-refractivity contribution in [2.45, 2.75) is 6.61 Å². The maximum absolute atomic E-state index is 13.2. The molecule has 100 valence electrons. The van der Waals surface area contributed by atoms with Crippen LogP contribution in [0.1, 0.15) is 5.56 Å². The zero-order valence-corrected chi connectivity index (χ0v) is 11.1. The van der Waals surface area contributed by atoms with E-state index in [1.54, 1.807) is 10.9 Å². The van der Waals surface area contributed by atoms with Gasteiger partial charge in [-0.05, 0) is 24.4 Å². The lowest BCUT2D eigenvalue weighted by molar-refractivity contribution is 0.307. The van der Waals surface area contributed by atoms with E-state index in [-0.39, 0.29) is 5.11 Å². The third-order valence-electron chi connectivity index (χ3n) is 2.35. The molecule has 19 heavy (non-hydrogen) atoms. The summed E-state index contributed by atoms with van der Waals surface area (Å²) in [6.07, 6.45) is 3.54. The van der Waals surface area contributed by atoms with Gasteiger partial charge in [-0.3, -0.25) is 4.68 Å². The molecule has 0 saturated heterocycles. The monoisotopic (exact) mass is 280 g/mol. The van der Waals surface area contributed by atoms with Gasteiger partial charge in [-0.1, -0.05) is 0 Å². The van der Waals surface area contributed by atoms with E-state index in [2.05, 4.69) is 10.4 Å². The van der Waals surface area contributed by atoms with Crippen LogP contribution < -0.4 is 15.8 Å². The van der Waals surface area contributed by atoms with Crippen molar-refractivity contribution in [3.8, 4) is 5.75 Å². The van der Waals surface area contributed by atoms with E-state index in [4.69, 9.17) is 22.7 Å². The number of rotatable bonds is 4. The number of anilines is 1. The maximum atomic E-state index is 13.2. The van der Waals surface area contributed by atoms with Gasteiger partial charge in [-0.2, -0.15) is 5.10 Å². The van der Waals surface area contributed by atoms with Crippen LogP contribution in [0.3, 0.4) is 0 Å². The largest absolute Gasteiger partial charge is 0.487 e. The second-order valence-electron chi connectivity index (χ2n) is 3.94. The summed E-state index contributed by atoms with van der Waals surface area (Å²) in [4.78, 5) is 0. The minimum Gasteiger partial charge on any atom is -0.487 e. The summed E-state index contributed by atoms with van der Waals surface area (Å²) in [7, 11) is 1.82. The molecule has 0 unspecified atom stereocenters. The first-order chi connectivity index (χ1) is 9.04. The fraction of sp³-hybridized carbons (Fsp3) is 0.167. The number of hydrogen-bond acceptors (Lipinski definition) is 3. The van der Waals surface area contributed by atoms with E-state index < -0.39 is 5.82 Å². The van der Waals surface area contributed by atoms with Crippen LogP contribution in [-0.4, -0.2) is 14.9 Å². The molecule has 0 radical (unpaired) electrons. The lowest BCUT2D eigenvalue weighted by Crippen LogP contribution is -2.19. The predicted molar refractivity (Wildman–Crippen MR) is 74.3 cm³/mol. The summed E-state index contributed by atoms with van der Waals surface area (Å²) in [5.74, 6) is 0.0746. The SMILES string of the molecule is Cn1cc(COc2ccc(F)cc2NC(N)=S)cn1. The first kappa shape index (κ1) is 13.3. The van der Waals surface area contributed by atoms with E-state index >= 15 is 0 Å². The Morgan fingerprint density at radius 3 is 3.00 bits per heavy atom. The highest BCUT2D eigenvalue weighted by Crippen LogP contribution is 2.26. The van der Waals surface area contributed by atoms with Gasteiger partial charge in [0.05, 0.1) is 11.9 Å². The van der Waals surface area contributed by atoms with E-state index in [1.807, 2.05) is 13.2 Å². The molecule has 1 aromatic carbocycles. The first-order valence-electron chi connectivity index (χ1n) is 5.51. The number of thiocarbonyl (C=S) groups is 1. The van der Waals surface area contributed by atoms with Crippen LogP contribution in [0, 0.1) is 5.82 Å². The summed E-state index contributed by atoms with van der Waals surface area (Å²) >= 11 is 4.74. The van der Waals surface area contributed by atoms with Crippen LogP contribution in [0.5, 0.6) is 5.75 Å². The molecule has 1 aromatic heterocycles. The van der Waals surface area contributed by atoms with Crippen molar-refractivity contribution in [1.29, 1.82) is 0 Å². The van der Waals surface area contributed by atoms with Gasteiger partial charge in [-0.15, -0.1) is 0 Å². The third-order valence-corrected chi connectivity index (χ3v) is 2.45. The topological polar surface area (TPSA) is 65.1 Å². The average Bonchev–Trinajstić information content (AvgIpc) is 2.73. The first-order valence-corrected chi connectivity index (χ1v) is 5.92. The number of nitrogens with zero attached hydrogens (tertiary/aromatic N) is 2. The molecule has 0 aliphatic carbocycles. The Labute approximate surface area is 115 Å². The molecule has 0 bridgehead atoms. The van der Waals surface area contributed by atoms with Crippen LogP contribution in [0.2, 0.25) is 0 Å². The molecule has 0 amide bonds. The number of nitrogens with one attached hydrogen (secondary N) is 1. The van der Waals surface area contributed by atoms with Crippen LogP contribution >= 0.6 is 12.2 Å². The van der Waals surface area contributed by atoms with Crippen molar-refractivity contribution in [3.63, 3.8) is 0 Å². The Balaban J connectivity index is 2.12. The molecule has 7 heteroatoms. The highest BCUT2D eigenvalue weighted by Gasteiger charge is 2.07. The smallest absolute Gasteiger partial charge is 0.168 e. The van der Waals surface area contributed by atoms with E-state index in [0.29, 0.717) is 18.0 Å². The van der Waals surface area contributed by atoms with Crippen molar-refractivity contribution in [2.24, 2.45) is 12.8 Å². The van der Waals surface area contributed by atoms with Gasteiger partial charge in [0, 0.05) is 24.9 Å². The number of ether oxygens (including phenoxy) is 1. The van der Waals surface area contributed by atoms with Crippen molar-refractivity contribution >= 4 is 23.0 Å². The standard InChI is InChI=1S/C12H13FN4OS/c1-17-6-8(5-15-17)7-18-11-3-2-9(13)4-10(11)16-12(14)19/h2-6H,7H2,1H3,(H3,14,16,19). The van der Waals surface area contributed by atoms with Crippen molar-refractivity contribution < 1.29 is 9.13 Å². The molecule has 2 aromatic rings. The summed E-state index contributed by atoms with van der Waals surface area (Å²) in [6, 6.07) is 4.10. The lowest BCUT2D eigenvalue weighted by atomic mass is 10.3. The van der Waals surface area contributed by atoms with Gasteiger partial charge in [0.1, 0.15) is 18.2 Å². The molecule has 5 nitrogen and oxygen atoms in total. The maximum Gasteiger partial charge on any atom is 0.168 e. The van der Waals surface area contributed by atoms with E-state index in [9.17, 15) is 4.39 Å².